The molecule has 1 fully saturated rings. The van der Waals surface area contributed by atoms with E-state index in [4.69, 9.17) is 9.47 Å². The van der Waals surface area contributed by atoms with Crippen molar-refractivity contribution in [2.24, 2.45) is 0 Å². The monoisotopic (exact) mass is 264 g/mol. The molecule has 1 heterocycles. The van der Waals surface area contributed by atoms with Crippen molar-refractivity contribution in [3.05, 3.63) is 29.8 Å². The third-order valence-corrected chi connectivity index (χ3v) is 3.48. The van der Waals surface area contributed by atoms with E-state index in [1.54, 1.807) is 0 Å². The molecule has 2 rings (SSSR count). The van der Waals surface area contributed by atoms with Gasteiger partial charge in [-0.25, -0.2) is 0 Å². The number of hydrogen-bond donors (Lipinski definition) is 1. The molecule has 0 spiro atoms. The lowest BCUT2D eigenvalue weighted by Crippen LogP contribution is -2.41. The van der Waals surface area contributed by atoms with Crippen LogP contribution in [0.2, 0.25) is 0 Å². The van der Waals surface area contributed by atoms with Gasteiger partial charge in [0.2, 0.25) is 0 Å². The molecule has 0 saturated carbocycles. The van der Waals surface area contributed by atoms with Gasteiger partial charge in [0.1, 0.15) is 5.75 Å². The van der Waals surface area contributed by atoms with Gasteiger partial charge in [0.15, 0.2) is 0 Å². The van der Waals surface area contributed by atoms with Crippen molar-refractivity contribution < 1.29 is 14.6 Å². The fourth-order valence-electron chi connectivity index (χ4n) is 2.88. The van der Waals surface area contributed by atoms with E-state index >= 15 is 0 Å². The maximum absolute atomic E-state index is 10.8. The van der Waals surface area contributed by atoms with E-state index in [0.717, 1.165) is 11.3 Å². The van der Waals surface area contributed by atoms with Crippen LogP contribution in [-0.4, -0.2) is 23.4 Å². The van der Waals surface area contributed by atoms with Crippen molar-refractivity contribution in [2.75, 3.05) is 0 Å². The summed E-state index contributed by atoms with van der Waals surface area (Å²) in [4.78, 5) is 0. The second-order valence-electron chi connectivity index (χ2n) is 5.89. The highest BCUT2D eigenvalue weighted by molar-refractivity contribution is 5.31. The van der Waals surface area contributed by atoms with E-state index in [2.05, 4.69) is 0 Å². The Labute approximate surface area is 115 Å². The van der Waals surface area contributed by atoms with Gasteiger partial charge in [0, 0.05) is 12.8 Å². The number of aliphatic hydroxyl groups is 1. The molecule has 1 aromatic rings. The van der Waals surface area contributed by atoms with Crippen LogP contribution in [-0.2, 0) is 10.3 Å². The Morgan fingerprint density at radius 3 is 2.16 bits per heavy atom. The number of ether oxygens (including phenoxy) is 2. The Bertz CT molecular complexity index is 401. The molecule has 1 saturated heterocycles. The molecule has 3 nitrogen and oxygen atoms in total. The summed E-state index contributed by atoms with van der Waals surface area (Å²) in [5, 5.41) is 10.8. The SMILES string of the molecule is CC(C)Oc1ccc(C2(O)CC(C)OC(C)C2)cc1. The predicted molar refractivity (Wildman–Crippen MR) is 75.3 cm³/mol. The second kappa shape index (κ2) is 5.51. The minimum absolute atomic E-state index is 0.0836. The van der Waals surface area contributed by atoms with Gasteiger partial charge in [-0.15, -0.1) is 0 Å². The van der Waals surface area contributed by atoms with Gasteiger partial charge in [-0.05, 0) is 45.4 Å². The van der Waals surface area contributed by atoms with Gasteiger partial charge in [0.25, 0.3) is 0 Å². The molecule has 0 bridgehead atoms. The van der Waals surface area contributed by atoms with Crippen LogP contribution in [0, 0.1) is 0 Å². The first-order chi connectivity index (χ1) is 8.89. The third-order valence-electron chi connectivity index (χ3n) is 3.48. The van der Waals surface area contributed by atoms with E-state index < -0.39 is 5.60 Å². The average Bonchev–Trinajstić information content (AvgIpc) is 2.26. The summed E-state index contributed by atoms with van der Waals surface area (Å²) in [5.41, 5.74) is 0.165. The number of rotatable bonds is 3. The fraction of sp³-hybridized carbons (Fsp3) is 0.625. The Kier molecular flexibility index (Phi) is 4.16. The molecule has 2 unspecified atom stereocenters. The molecular formula is C16H24O3. The van der Waals surface area contributed by atoms with Crippen molar-refractivity contribution in [1.82, 2.24) is 0 Å². The van der Waals surface area contributed by atoms with E-state index in [-0.39, 0.29) is 18.3 Å². The molecule has 0 amide bonds. The van der Waals surface area contributed by atoms with Crippen LogP contribution in [0.15, 0.2) is 24.3 Å². The first kappa shape index (κ1) is 14.4. The summed E-state index contributed by atoms with van der Waals surface area (Å²) in [5.74, 6) is 0.843. The summed E-state index contributed by atoms with van der Waals surface area (Å²) in [6, 6.07) is 7.78. The van der Waals surface area contributed by atoms with E-state index in [1.807, 2.05) is 52.0 Å². The van der Waals surface area contributed by atoms with Gasteiger partial charge >= 0.3 is 0 Å². The van der Waals surface area contributed by atoms with Crippen molar-refractivity contribution in [3.8, 4) is 5.75 Å². The summed E-state index contributed by atoms with van der Waals surface area (Å²) < 4.78 is 11.3. The molecule has 106 valence electrons. The molecule has 3 heteroatoms. The molecule has 0 radical (unpaired) electrons. The standard InChI is InChI=1S/C16H24O3/c1-11(2)18-15-7-5-14(6-8-15)16(17)9-12(3)19-13(4)10-16/h5-8,11-13,17H,9-10H2,1-4H3. The Hall–Kier alpha value is -1.06. The molecule has 19 heavy (non-hydrogen) atoms. The smallest absolute Gasteiger partial charge is 0.119 e. The van der Waals surface area contributed by atoms with Crippen LogP contribution >= 0.6 is 0 Å². The van der Waals surface area contributed by atoms with Crippen molar-refractivity contribution in [3.63, 3.8) is 0 Å². The van der Waals surface area contributed by atoms with Crippen LogP contribution in [0.3, 0.4) is 0 Å². The summed E-state index contributed by atoms with van der Waals surface area (Å²) in [6.45, 7) is 8.03. The molecule has 2 atom stereocenters. The number of benzene rings is 1. The first-order valence-electron chi connectivity index (χ1n) is 7.04. The third kappa shape index (κ3) is 3.48. The minimum Gasteiger partial charge on any atom is -0.491 e. The molecule has 0 aliphatic carbocycles. The zero-order valence-electron chi connectivity index (χ0n) is 12.2. The maximum atomic E-state index is 10.8. The van der Waals surface area contributed by atoms with Gasteiger partial charge in [-0.3, -0.25) is 0 Å². The Morgan fingerprint density at radius 2 is 1.68 bits per heavy atom. The maximum Gasteiger partial charge on any atom is 0.119 e. The van der Waals surface area contributed by atoms with Crippen LogP contribution in [0.4, 0.5) is 0 Å². The predicted octanol–water partition coefficient (Wildman–Crippen LogP) is 3.25. The van der Waals surface area contributed by atoms with E-state index in [9.17, 15) is 5.11 Å². The van der Waals surface area contributed by atoms with E-state index in [1.165, 1.54) is 0 Å². The van der Waals surface area contributed by atoms with Crippen molar-refractivity contribution in [2.45, 2.75) is 64.4 Å². The normalized spacial score (nSPS) is 31.5. The zero-order chi connectivity index (χ0) is 14.0. The van der Waals surface area contributed by atoms with Gasteiger partial charge in [0.05, 0.1) is 23.9 Å². The lowest BCUT2D eigenvalue weighted by atomic mass is 9.82. The highest BCUT2D eigenvalue weighted by Gasteiger charge is 2.38. The van der Waals surface area contributed by atoms with Crippen LogP contribution < -0.4 is 4.74 Å². The zero-order valence-corrected chi connectivity index (χ0v) is 12.2. The molecule has 0 aromatic heterocycles. The largest absolute Gasteiger partial charge is 0.491 e. The lowest BCUT2D eigenvalue weighted by molar-refractivity contribution is -0.135. The van der Waals surface area contributed by atoms with Gasteiger partial charge in [-0.1, -0.05) is 12.1 Å². The van der Waals surface area contributed by atoms with Crippen LogP contribution in [0.5, 0.6) is 5.75 Å². The van der Waals surface area contributed by atoms with Gasteiger partial charge in [-0.2, -0.15) is 0 Å². The van der Waals surface area contributed by atoms with Crippen LogP contribution in [0.1, 0.15) is 46.1 Å². The van der Waals surface area contributed by atoms with Crippen molar-refractivity contribution in [1.29, 1.82) is 0 Å². The second-order valence-corrected chi connectivity index (χ2v) is 5.89. The summed E-state index contributed by atoms with van der Waals surface area (Å²) in [7, 11) is 0. The van der Waals surface area contributed by atoms with Crippen molar-refractivity contribution >= 4 is 0 Å². The number of hydrogen-bond acceptors (Lipinski definition) is 3. The highest BCUT2D eigenvalue weighted by atomic mass is 16.5. The molecule has 1 aliphatic rings. The summed E-state index contributed by atoms with van der Waals surface area (Å²) in [6.07, 6.45) is 1.61. The summed E-state index contributed by atoms with van der Waals surface area (Å²) >= 11 is 0. The Balaban J connectivity index is 2.16. The first-order valence-corrected chi connectivity index (χ1v) is 7.04. The van der Waals surface area contributed by atoms with E-state index in [0.29, 0.717) is 12.8 Å². The average molecular weight is 264 g/mol. The molecular weight excluding hydrogens is 240 g/mol. The lowest BCUT2D eigenvalue weighted by Gasteiger charge is -2.39. The molecule has 1 N–H and O–H groups in total. The molecule has 1 aromatic carbocycles. The minimum atomic E-state index is -0.784. The Morgan fingerprint density at radius 1 is 1.16 bits per heavy atom. The fourth-order valence-corrected chi connectivity index (χ4v) is 2.88. The highest BCUT2D eigenvalue weighted by Crippen LogP contribution is 2.37. The van der Waals surface area contributed by atoms with Crippen LogP contribution in [0.25, 0.3) is 0 Å². The molecule has 1 aliphatic heterocycles. The topological polar surface area (TPSA) is 38.7 Å². The quantitative estimate of drug-likeness (QED) is 0.910. The van der Waals surface area contributed by atoms with Gasteiger partial charge < -0.3 is 14.6 Å².